The van der Waals surface area contributed by atoms with Crippen molar-refractivity contribution >= 4 is 17.8 Å². The summed E-state index contributed by atoms with van der Waals surface area (Å²) in [5, 5.41) is 25.9. The van der Waals surface area contributed by atoms with E-state index in [1.54, 1.807) is 6.07 Å². The molecule has 0 aliphatic carbocycles. The second-order valence-electron chi connectivity index (χ2n) is 5.33. The molecule has 0 bridgehead atoms. The summed E-state index contributed by atoms with van der Waals surface area (Å²) < 4.78 is 5.39. The zero-order chi connectivity index (χ0) is 18.4. The standard InChI is InChI=1S/C17H17N3O5/c1-11-3-6-16(12(2)7-11)25-10-17(22)19-18-9-13-8-14(20(23)24)4-5-15(13)21/h3-9,21H,10H2,1-2H3,(H,19,22)/p-1. The number of carbonyl (C=O) groups is 1. The second kappa shape index (κ2) is 7.91. The fourth-order valence-electron chi connectivity index (χ4n) is 2.06. The Labute approximate surface area is 143 Å². The number of ether oxygens (including phenoxy) is 1. The third-order valence-corrected chi connectivity index (χ3v) is 3.29. The van der Waals surface area contributed by atoms with Crippen LogP contribution in [0.15, 0.2) is 41.5 Å². The molecule has 1 N–H and O–H groups in total. The Morgan fingerprint density at radius 1 is 1.28 bits per heavy atom. The molecule has 0 saturated heterocycles. The van der Waals surface area contributed by atoms with Crippen LogP contribution in [0.1, 0.15) is 16.7 Å². The molecular weight excluding hydrogens is 326 g/mol. The summed E-state index contributed by atoms with van der Waals surface area (Å²) in [7, 11) is 0. The van der Waals surface area contributed by atoms with E-state index in [4.69, 9.17) is 4.74 Å². The zero-order valence-corrected chi connectivity index (χ0v) is 13.7. The van der Waals surface area contributed by atoms with Gasteiger partial charge in [0.15, 0.2) is 6.61 Å². The molecule has 0 radical (unpaired) electrons. The van der Waals surface area contributed by atoms with Crippen LogP contribution in [0.25, 0.3) is 0 Å². The molecule has 0 aromatic heterocycles. The maximum Gasteiger partial charge on any atom is 0.277 e. The Morgan fingerprint density at radius 2 is 2.04 bits per heavy atom. The zero-order valence-electron chi connectivity index (χ0n) is 13.7. The average Bonchev–Trinajstić information content (AvgIpc) is 2.55. The van der Waals surface area contributed by atoms with Gasteiger partial charge in [-0.1, -0.05) is 29.5 Å². The first-order valence-electron chi connectivity index (χ1n) is 7.34. The van der Waals surface area contributed by atoms with Crippen molar-refractivity contribution in [3.8, 4) is 11.5 Å². The van der Waals surface area contributed by atoms with Crippen LogP contribution in [0, 0.1) is 24.0 Å². The maximum atomic E-state index is 11.7. The first kappa shape index (κ1) is 17.9. The number of hydrogen-bond acceptors (Lipinski definition) is 6. The lowest BCUT2D eigenvalue weighted by Crippen LogP contribution is -2.24. The molecule has 0 spiro atoms. The molecule has 2 aromatic carbocycles. The number of benzene rings is 2. The minimum Gasteiger partial charge on any atom is -0.872 e. The van der Waals surface area contributed by atoms with Crippen LogP contribution in [-0.4, -0.2) is 23.7 Å². The lowest BCUT2D eigenvalue weighted by atomic mass is 10.1. The van der Waals surface area contributed by atoms with Crippen LogP contribution in [0.3, 0.4) is 0 Å². The Hall–Kier alpha value is -3.42. The van der Waals surface area contributed by atoms with Gasteiger partial charge >= 0.3 is 0 Å². The number of aryl methyl sites for hydroxylation is 2. The summed E-state index contributed by atoms with van der Waals surface area (Å²) >= 11 is 0. The van der Waals surface area contributed by atoms with Crippen LogP contribution >= 0.6 is 0 Å². The molecule has 8 nitrogen and oxygen atoms in total. The third kappa shape index (κ3) is 5.03. The van der Waals surface area contributed by atoms with E-state index in [-0.39, 0.29) is 17.9 Å². The number of nitrogens with zero attached hydrogens (tertiary/aromatic N) is 2. The molecule has 25 heavy (non-hydrogen) atoms. The molecule has 2 rings (SSSR count). The highest BCUT2D eigenvalue weighted by molar-refractivity contribution is 5.86. The average molecular weight is 342 g/mol. The highest BCUT2D eigenvalue weighted by atomic mass is 16.6. The Bertz CT molecular complexity index is 833. The van der Waals surface area contributed by atoms with Crippen molar-refractivity contribution in [3.05, 3.63) is 63.2 Å². The summed E-state index contributed by atoms with van der Waals surface area (Å²) in [6.07, 6.45) is 1.06. The van der Waals surface area contributed by atoms with Crippen LogP contribution in [0.5, 0.6) is 11.5 Å². The predicted octanol–water partition coefficient (Wildman–Crippen LogP) is 1.81. The Kier molecular flexibility index (Phi) is 5.67. The number of nitro benzene ring substituents is 1. The topological polar surface area (TPSA) is 117 Å². The van der Waals surface area contributed by atoms with Gasteiger partial charge in [-0.2, -0.15) is 5.10 Å². The van der Waals surface area contributed by atoms with Gasteiger partial charge in [0.25, 0.3) is 11.6 Å². The molecule has 0 atom stereocenters. The normalized spacial score (nSPS) is 10.6. The van der Waals surface area contributed by atoms with Crippen molar-refractivity contribution in [1.29, 1.82) is 0 Å². The highest BCUT2D eigenvalue weighted by Gasteiger charge is 2.06. The fraction of sp³-hybridized carbons (Fsp3) is 0.176. The van der Waals surface area contributed by atoms with Gasteiger partial charge in [-0.15, -0.1) is 0 Å². The molecular formula is C17H16N3O5-. The summed E-state index contributed by atoms with van der Waals surface area (Å²) in [6, 6.07) is 8.85. The van der Waals surface area contributed by atoms with E-state index in [1.807, 2.05) is 26.0 Å². The molecule has 8 heteroatoms. The quantitative estimate of drug-likeness (QED) is 0.488. The molecule has 0 unspecified atom stereocenters. The second-order valence-corrected chi connectivity index (χ2v) is 5.33. The molecule has 0 saturated carbocycles. The molecule has 1 amide bonds. The number of amides is 1. The minimum absolute atomic E-state index is 0.00444. The Morgan fingerprint density at radius 3 is 2.72 bits per heavy atom. The van der Waals surface area contributed by atoms with E-state index >= 15 is 0 Å². The highest BCUT2D eigenvalue weighted by Crippen LogP contribution is 2.19. The monoisotopic (exact) mass is 342 g/mol. The minimum atomic E-state index is -0.618. The van der Waals surface area contributed by atoms with Gasteiger partial charge in [-0.05, 0) is 31.0 Å². The van der Waals surface area contributed by atoms with E-state index in [0.29, 0.717) is 5.75 Å². The van der Waals surface area contributed by atoms with Crippen LogP contribution in [0.2, 0.25) is 0 Å². The first-order valence-corrected chi connectivity index (χ1v) is 7.34. The molecule has 130 valence electrons. The van der Waals surface area contributed by atoms with Crippen molar-refractivity contribution in [3.63, 3.8) is 0 Å². The van der Waals surface area contributed by atoms with Gasteiger partial charge in [0.05, 0.1) is 11.1 Å². The van der Waals surface area contributed by atoms with E-state index < -0.39 is 16.6 Å². The van der Waals surface area contributed by atoms with E-state index in [1.165, 1.54) is 0 Å². The van der Waals surface area contributed by atoms with Crippen molar-refractivity contribution in [1.82, 2.24) is 5.43 Å². The Balaban J connectivity index is 1.92. The number of nitrogens with one attached hydrogen (secondary N) is 1. The van der Waals surface area contributed by atoms with Crippen molar-refractivity contribution < 1.29 is 19.6 Å². The summed E-state index contributed by atoms with van der Waals surface area (Å²) in [5.74, 6) is -0.366. The number of hydrogen-bond donors (Lipinski definition) is 1. The first-order chi connectivity index (χ1) is 11.9. The van der Waals surface area contributed by atoms with Gasteiger partial charge in [0.1, 0.15) is 5.75 Å². The number of non-ortho nitro benzene ring substituents is 1. The summed E-state index contributed by atoms with van der Waals surface area (Å²) in [4.78, 5) is 21.8. The lowest BCUT2D eigenvalue weighted by Gasteiger charge is -2.09. The molecule has 0 heterocycles. The van der Waals surface area contributed by atoms with Gasteiger partial charge in [0, 0.05) is 12.1 Å². The number of carbonyl (C=O) groups excluding carboxylic acids is 1. The predicted molar refractivity (Wildman–Crippen MR) is 89.7 cm³/mol. The van der Waals surface area contributed by atoms with E-state index in [2.05, 4.69) is 10.5 Å². The molecule has 0 aliphatic heterocycles. The SMILES string of the molecule is Cc1ccc(OCC(=O)NN=Cc2cc([N+](=O)[O-])ccc2[O-])c(C)c1. The van der Waals surface area contributed by atoms with E-state index in [0.717, 1.165) is 35.5 Å². The van der Waals surface area contributed by atoms with Crippen LogP contribution in [0.4, 0.5) is 5.69 Å². The molecule has 0 aliphatic rings. The largest absolute Gasteiger partial charge is 0.872 e. The number of rotatable bonds is 6. The summed E-state index contributed by atoms with van der Waals surface area (Å²) in [5.41, 5.74) is 3.97. The maximum absolute atomic E-state index is 11.7. The van der Waals surface area contributed by atoms with Gasteiger partial charge in [-0.3, -0.25) is 14.9 Å². The summed E-state index contributed by atoms with van der Waals surface area (Å²) in [6.45, 7) is 3.58. The fourth-order valence-corrected chi connectivity index (χ4v) is 2.06. The molecule has 2 aromatic rings. The lowest BCUT2D eigenvalue weighted by molar-refractivity contribution is -0.385. The van der Waals surface area contributed by atoms with Gasteiger partial charge in [-0.25, -0.2) is 5.43 Å². The van der Waals surface area contributed by atoms with Crippen LogP contribution in [-0.2, 0) is 4.79 Å². The van der Waals surface area contributed by atoms with E-state index in [9.17, 15) is 20.0 Å². The van der Waals surface area contributed by atoms with Crippen molar-refractivity contribution in [2.45, 2.75) is 13.8 Å². The van der Waals surface area contributed by atoms with Gasteiger partial charge < -0.3 is 9.84 Å². The van der Waals surface area contributed by atoms with Gasteiger partial charge in [0.2, 0.25) is 0 Å². The van der Waals surface area contributed by atoms with Crippen molar-refractivity contribution in [2.75, 3.05) is 6.61 Å². The molecule has 0 fully saturated rings. The number of nitro groups is 1. The number of hydrazone groups is 1. The van der Waals surface area contributed by atoms with Crippen LogP contribution < -0.4 is 15.3 Å². The van der Waals surface area contributed by atoms with Crippen molar-refractivity contribution in [2.24, 2.45) is 5.10 Å². The third-order valence-electron chi connectivity index (χ3n) is 3.29. The smallest absolute Gasteiger partial charge is 0.277 e.